The lowest BCUT2D eigenvalue weighted by molar-refractivity contribution is -0.161. The summed E-state index contributed by atoms with van der Waals surface area (Å²) in [5.74, 6) is 0.348. The third-order valence-electron chi connectivity index (χ3n) is 21.4. The van der Waals surface area contributed by atoms with E-state index in [1.54, 1.807) is 0 Å². The number of carbonyl (C=O) groups excluding carboxylic acids is 4. The highest BCUT2D eigenvalue weighted by Crippen LogP contribution is 2.45. The topological polar surface area (TPSA) is 237 Å². The largest absolute Gasteiger partial charge is 0.472 e. The number of rotatable bonds is 89. The summed E-state index contributed by atoms with van der Waals surface area (Å²) in [4.78, 5) is 73.4. The number of phosphoric acid groups is 2. The van der Waals surface area contributed by atoms with Crippen LogP contribution in [-0.4, -0.2) is 96.7 Å². The Kier molecular flexibility index (Phi) is 79.4. The van der Waals surface area contributed by atoms with Gasteiger partial charge in [0.25, 0.3) is 0 Å². The number of ether oxygens (including phenoxy) is 4. The Labute approximate surface area is 677 Å². The van der Waals surface area contributed by atoms with E-state index in [0.29, 0.717) is 25.7 Å². The van der Waals surface area contributed by atoms with Crippen molar-refractivity contribution in [1.29, 1.82) is 0 Å². The molecule has 0 fully saturated rings. The molecule has 0 heterocycles. The van der Waals surface area contributed by atoms with Crippen molar-refractivity contribution in [2.45, 2.75) is 503 Å². The first-order chi connectivity index (χ1) is 53.2. The average molecular weight is 1610 g/mol. The molecule has 0 saturated heterocycles. The second-order valence-electron chi connectivity index (χ2n) is 34.1. The Bertz CT molecular complexity index is 2110. The summed E-state index contributed by atoms with van der Waals surface area (Å²) in [6.07, 6.45) is 73.7. The zero-order valence-corrected chi connectivity index (χ0v) is 74.5. The van der Waals surface area contributed by atoms with E-state index < -0.39 is 97.5 Å². The minimum Gasteiger partial charge on any atom is -0.462 e. The molecule has 0 aliphatic carbocycles. The number of esters is 4. The van der Waals surface area contributed by atoms with E-state index in [9.17, 15) is 43.2 Å². The lowest BCUT2D eigenvalue weighted by atomic mass is 10.0. The summed E-state index contributed by atoms with van der Waals surface area (Å²) in [5.41, 5.74) is 0. The molecule has 0 radical (unpaired) electrons. The van der Waals surface area contributed by atoms with Gasteiger partial charge >= 0.3 is 39.5 Å². The van der Waals surface area contributed by atoms with Gasteiger partial charge in [-0.05, 0) is 43.4 Å². The molecule has 0 amide bonds. The zero-order chi connectivity index (χ0) is 80.8. The van der Waals surface area contributed by atoms with Crippen LogP contribution in [0, 0.1) is 17.8 Å². The van der Waals surface area contributed by atoms with Gasteiger partial charge in [0, 0.05) is 25.7 Å². The molecule has 654 valence electrons. The van der Waals surface area contributed by atoms with Gasteiger partial charge in [-0.15, -0.1) is 0 Å². The Morgan fingerprint density at radius 3 is 0.618 bits per heavy atom. The van der Waals surface area contributed by atoms with E-state index in [1.807, 2.05) is 0 Å². The summed E-state index contributed by atoms with van der Waals surface area (Å²) in [6.45, 7) is 12.1. The zero-order valence-electron chi connectivity index (χ0n) is 72.7. The SMILES string of the molecule is CCCCCCCCCCCCC(=O)OC[C@H](COP(=O)(O)OC[C@H](O)COP(=O)(O)OC[C@@H](COC(=O)CCCCCCCCCCCCCCCCCCCCC(C)C)OC(=O)CCCCCCCCCCCCCCCCCCCCC(C)C)OC(=O)CCCCCCCCCCCCCCCCCC(C)C. The van der Waals surface area contributed by atoms with Crippen molar-refractivity contribution in [3.8, 4) is 0 Å². The van der Waals surface area contributed by atoms with Crippen LogP contribution in [0.5, 0.6) is 0 Å². The molecular formula is C91H178O17P2. The Hall–Kier alpha value is -1.94. The van der Waals surface area contributed by atoms with Gasteiger partial charge in [-0.1, -0.05) is 434 Å². The summed E-state index contributed by atoms with van der Waals surface area (Å²) in [7, 11) is -9.93. The molecule has 5 atom stereocenters. The number of aliphatic hydroxyl groups excluding tert-OH is 1. The number of carbonyl (C=O) groups is 4. The van der Waals surface area contributed by atoms with E-state index in [4.69, 9.17) is 37.0 Å². The molecule has 19 heteroatoms. The lowest BCUT2D eigenvalue weighted by Crippen LogP contribution is -2.30. The fourth-order valence-electron chi connectivity index (χ4n) is 14.3. The fraction of sp³-hybridized carbons (Fsp3) is 0.956. The van der Waals surface area contributed by atoms with Crippen LogP contribution < -0.4 is 0 Å². The molecule has 0 aliphatic heterocycles. The highest BCUT2D eigenvalue weighted by Gasteiger charge is 2.31. The van der Waals surface area contributed by atoms with Gasteiger partial charge in [0.15, 0.2) is 12.2 Å². The average Bonchev–Trinajstić information content (AvgIpc) is 0.901. The van der Waals surface area contributed by atoms with Crippen molar-refractivity contribution in [2.75, 3.05) is 39.6 Å². The van der Waals surface area contributed by atoms with E-state index in [0.717, 1.165) is 108 Å². The van der Waals surface area contributed by atoms with Crippen molar-refractivity contribution in [3.05, 3.63) is 0 Å². The van der Waals surface area contributed by atoms with E-state index >= 15 is 0 Å². The fourth-order valence-corrected chi connectivity index (χ4v) is 15.8. The van der Waals surface area contributed by atoms with Crippen LogP contribution in [0.2, 0.25) is 0 Å². The summed E-state index contributed by atoms with van der Waals surface area (Å²) in [6, 6.07) is 0. The molecule has 17 nitrogen and oxygen atoms in total. The number of aliphatic hydroxyl groups is 1. The number of phosphoric ester groups is 2. The lowest BCUT2D eigenvalue weighted by Gasteiger charge is -2.21. The van der Waals surface area contributed by atoms with Crippen LogP contribution in [0.4, 0.5) is 0 Å². The van der Waals surface area contributed by atoms with Crippen LogP contribution in [0.3, 0.4) is 0 Å². The van der Waals surface area contributed by atoms with Crippen molar-refractivity contribution in [3.63, 3.8) is 0 Å². The molecule has 110 heavy (non-hydrogen) atoms. The minimum absolute atomic E-state index is 0.108. The van der Waals surface area contributed by atoms with Gasteiger partial charge in [-0.25, -0.2) is 9.13 Å². The Morgan fingerprint density at radius 1 is 0.245 bits per heavy atom. The Balaban J connectivity index is 5.22. The number of hydrogen-bond acceptors (Lipinski definition) is 15. The molecule has 3 N–H and O–H groups in total. The van der Waals surface area contributed by atoms with Gasteiger partial charge in [-0.2, -0.15) is 0 Å². The van der Waals surface area contributed by atoms with Crippen molar-refractivity contribution in [2.24, 2.45) is 17.8 Å². The Morgan fingerprint density at radius 2 is 0.418 bits per heavy atom. The maximum absolute atomic E-state index is 13.2. The summed E-state index contributed by atoms with van der Waals surface area (Å²) >= 11 is 0. The van der Waals surface area contributed by atoms with Gasteiger partial charge in [-0.3, -0.25) is 37.3 Å². The second kappa shape index (κ2) is 80.8. The highest BCUT2D eigenvalue weighted by molar-refractivity contribution is 7.47. The molecule has 2 unspecified atom stereocenters. The molecular weight excluding hydrogens is 1430 g/mol. The van der Waals surface area contributed by atoms with E-state index in [2.05, 4.69) is 48.5 Å². The molecule has 0 spiro atoms. The maximum Gasteiger partial charge on any atom is 0.472 e. The highest BCUT2D eigenvalue weighted by atomic mass is 31.2. The predicted octanol–water partition coefficient (Wildman–Crippen LogP) is 28.0. The maximum atomic E-state index is 13.2. The standard InChI is InChI=1S/C91H178O17P2/c1-8-9-10-11-12-13-44-51-58-65-72-88(93)101-78-86(107-90(95)75-68-61-54-47-40-34-28-22-25-31-37-43-50-57-64-71-84(6)7)80-105-109(97,98)103-76-85(92)77-104-110(99,100)106-81-87(108-91(96)74-67-60-53-46-39-33-27-21-17-15-19-24-30-36-42-49-56-63-70-83(4)5)79-102-89(94)73-66-59-52-45-38-32-26-20-16-14-18-23-29-35-41-48-55-62-69-82(2)3/h82-87,92H,8-81H2,1-7H3,(H,97,98)(H,99,100)/t85-,86+,87+/m0/s1. The van der Waals surface area contributed by atoms with Crippen molar-refractivity contribution < 1.29 is 80.2 Å². The monoisotopic (exact) mass is 1610 g/mol. The molecule has 0 aromatic heterocycles. The first-order valence-corrected chi connectivity index (χ1v) is 49.8. The minimum atomic E-state index is -4.97. The smallest absolute Gasteiger partial charge is 0.462 e. The number of unbranched alkanes of at least 4 members (excludes halogenated alkanes) is 57. The molecule has 0 aromatic rings. The van der Waals surface area contributed by atoms with Crippen molar-refractivity contribution in [1.82, 2.24) is 0 Å². The van der Waals surface area contributed by atoms with Crippen LogP contribution >= 0.6 is 15.6 Å². The molecule has 0 saturated carbocycles. The normalized spacial score (nSPS) is 13.8. The van der Waals surface area contributed by atoms with Crippen LogP contribution in [0.15, 0.2) is 0 Å². The molecule has 0 aromatic carbocycles. The first kappa shape index (κ1) is 108. The van der Waals surface area contributed by atoms with Crippen LogP contribution in [0.1, 0.15) is 485 Å². The second-order valence-corrected chi connectivity index (χ2v) is 37.0. The molecule has 0 bridgehead atoms. The molecule has 0 rings (SSSR count). The van der Waals surface area contributed by atoms with Gasteiger partial charge in [0.1, 0.15) is 19.3 Å². The predicted molar refractivity (Wildman–Crippen MR) is 455 cm³/mol. The number of hydrogen-bond donors (Lipinski definition) is 3. The quantitative estimate of drug-likeness (QED) is 0.0222. The van der Waals surface area contributed by atoms with Crippen molar-refractivity contribution >= 4 is 39.5 Å². The van der Waals surface area contributed by atoms with Gasteiger partial charge in [0.05, 0.1) is 26.4 Å². The van der Waals surface area contributed by atoms with Crippen LogP contribution in [-0.2, 0) is 65.4 Å². The summed E-state index contributed by atoms with van der Waals surface area (Å²) in [5, 5.41) is 10.7. The molecule has 0 aliphatic rings. The summed E-state index contributed by atoms with van der Waals surface area (Å²) < 4.78 is 69.0. The van der Waals surface area contributed by atoms with E-state index in [-0.39, 0.29) is 25.7 Å². The first-order valence-electron chi connectivity index (χ1n) is 46.8. The van der Waals surface area contributed by atoms with E-state index in [1.165, 1.54) is 295 Å². The van der Waals surface area contributed by atoms with Gasteiger partial charge in [0.2, 0.25) is 0 Å². The van der Waals surface area contributed by atoms with Crippen LogP contribution in [0.25, 0.3) is 0 Å². The third kappa shape index (κ3) is 84.0. The van der Waals surface area contributed by atoms with Gasteiger partial charge < -0.3 is 33.8 Å². The third-order valence-corrected chi connectivity index (χ3v) is 23.3.